The maximum Gasteiger partial charge on any atom is 0.0857 e. The van der Waals surface area contributed by atoms with Gasteiger partial charge in [-0.15, -0.1) is 23.7 Å². The molecule has 3 rings (SSSR count). The topological polar surface area (TPSA) is 32.7 Å². The number of nitrogens with zero attached hydrogens (tertiary/aromatic N) is 1. The summed E-state index contributed by atoms with van der Waals surface area (Å²) in [5, 5.41) is 12.5. The molecule has 0 radical (unpaired) electrons. The molecule has 1 aliphatic rings. The minimum absolute atomic E-state index is 0. The van der Waals surface area contributed by atoms with Crippen molar-refractivity contribution >= 4 is 29.3 Å². The fraction of sp³-hybridized carbons (Fsp3) is 0.333. The van der Waals surface area contributed by atoms with Crippen molar-refractivity contribution in [3.8, 4) is 0 Å². The number of halogens is 1. The van der Waals surface area contributed by atoms with E-state index < -0.39 is 6.10 Å². The van der Waals surface area contributed by atoms with Crippen LogP contribution in [0.3, 0.4) is 0 Å². The molecule has 0 bridgehead atoms. The van der Waals surface area contributed by atoms with E-state index in [-0.39, 0.29) is 12.4 Å². The second-order valence-electron chi connectivity index (χ2n) is 5.40. The lowest BCUT2D eigenvalue weighted by atomic mass is 10.0. The van der Waals surface area contributed by atoms with Crippen molar-refractivity contribution in [3.63, 3.8) is 0 Å². The molecule has 1 saturated heterocycles. The molecule has 1 unspecified atom stereocenters. The van der Waals surface area contributed by atoms with Crippen molar-refractivity contribution in [2.45, 2.75) is 6.10 Å². The first-order valence-corrected chi connectivity index (χ1v) is 8.50. The van der Waals surface area contributed by atoms with Crippen LogP contribution in [0.15, 0.2) is 53.9 Å². The Balaban J connectivity index is 0.00000192. The molecule has 2 aromatic rings. The third-order valence-electron chi connectivity index (χ3n) is 3.78. The zero-order valence-electron chi connectivity index (χ0n) is 12.9. The van der Waals surface area contributed by atoms with Crippen LogP contribution in [0.4, 0.5) is 0 Å². The molecule has 5 heteroatoms. The van der Waals surface area contributed by atoms with Crippen LogP contribution in [0.5, 0.6) is 0 Å². The van der Waals surface area contributed by atoms with Crippen molar-refractivity contribution in [1.82, 2.24) is 4.90 Å². The summed E-state index contributed by atoms with van der Waals surface area (Å²) in [6, 6.07) is 14.4. The molecular formula is C18H22ClNO2S. The highest BCUT2D eigenvalue weighted by molar-refractivity contribution is 7.11. The second kappa shape index (κ2) is 9.21. The van der Waals surface area contributed by atoms with Gasteiger partial charge in [-0.3, -0.25) is 4.90 Å². The van der Waals surface area contributed by atoms with Crippen LogP contribution in [0, 0.1) is 0 Å². The minimum atomic E-state index is -0.476. The number of morpholine rings is 1. The summed E-state index contributed by atoms with van der Waals surface area (Å²) in [4.78, 5) is 3.44. The number of hydrogen-bond acceptors (Lipinski definition) is 4. The van der Waals surface area contributed by atoms with Gasteiger partial charge in [0, 0.05) is 24.5 Å². The van der Waals surface area contributed by atoms with E-state index in [1.54, 1.807) is 11.3 Å². The molecule has 2 heterocycles. The summed E-state index contributed by atoms with van der Waals surface area (Å²) in [6.45, 7) is 3.96. The van der Waals surface area contributed by atoms with E-state index in [2.05, 4.69) is 28.5 Å². The summed E-state index contributed by atoms with van der Waals surface area (Å²) >= 11 is 1.70. The SMILES string of the molecule is Cl.OC(/C=C(\c1ccccc1)c1cccs1)CN1CCOCC1. The number of β-amino-alcohol motifs (C(OH)–C–C–N with tert-alkyl or cyclic N) is 1. The first-order chi connectivity index (χ1) is 10.8. The van der Waals surface area contributed by atoms with Crippen LogP contribution in [-0.4, -0.2) is 49.0 Å². The zero-order valence-corrected chi connectivity index (χ0v) is 14.6. The van der Waals surface area contributed by atoms with Gasteiger partial charge in [0.1, 0.15) is 0 Å². The number of benzene rings is 1. The van der Waals surface area contributed by atoms with Gasteiger partial charge in [-0.25, -0.2) is 0 Å². The van der Waals surface area contributed by atoms with Gasteiger partial charge in [-0.2, -0.15) is 0 Å². The number of aliphatic hydroxyl groups excluding tert-OH is 1. The smallest absolute Gasteiger partial charge is 0.0857 e. The summed E-state index contributed by atoms with van der Waals surface area (Å²) in [7, 11) is 0. The fourth-order valence-corrected chi connectivity index (χ4v) is 3.44. The zero-order chi connectivity index (χ0) is 15.2. The summed E-state index contributed by atoms with van der Waals surface area (Å²) in [5.74, 6) is 0. The molecule has 3 nitrogen and oxygen atoms in total. The molecule has 124 valence electrons. The molecule has 1 aromatic heterocycles. The number of thiophene rings is 1. The monoisotopic (exact) mass is 351 g/mol. The lowest BCUT2D eigenvalue weighted by molar-refractivity contribution is 0.0223. The van der Waals surface area contributed by atoms with E-state index in [1.807, 2.05) is 30.3 Å². The van der Waals surface area contributed by atoms with Crippen molar-refractivity contribution < 1.29 is 9.84 Å². The number of hydrogen-bond donors (Lipinski definition) is 1. The van der Waals surface area contributed by atoms with E-state index in [4.69, 9.17) is 4.74 Å². The Labute approximate surface area is 147 Å². The highest BCUT2D eigenvalue weighted by Gasteiger charge is 2.15. The normalized spacial score (nSPS) is 17.5. The predicted octanol–water partition coefficient (Wildman–Crippen LogP) is 3.29. The second-order valence-corrected chi connectivity index (χ2v) is 6.35. The predicted molar refractivity (Wildman–Crippen MR) is 98.4 cm³/mol. The molecule has 0 aliphatic carbocycles. The van der Waals surface area contributed by atoms with Gasteiger partial charge in [-0.05, 0) is 28.7 Å². The molecule has 23 heavy (non-hydrogen) atoms. The van der Waals surface area contributed by atoms with Crippen LogP contribution >= 0.6 is 23.7 Å². The highest BCUT2D eigenvalue weighted by Crippen LogP contribution is 2.27. The highest BCUT2D eigenvalue weighted by atomic mass is 35.5. The van der Waals surface area contributed by atoms with Crippen LogP contribution in [0.2, 0.25) is 0 Å². The molecule has 1 aliphatic heterocycles. The standard InChI is InChI=1S/C18H21NO2S.ClH/c20-16(14-19-8-10-21-11-9-19)13-17(18-7-4-12-22-18)15-5-2-1-3-6-15;/h1-7,12-13,16,20H,8-11,14H2;1H/b17-13+;. The maximum absolute atomic E-state index is 10.5. The molecule has 1 N–H and O–H groups in total. The first-order valence-electron chi connectivity index (χ1n) is 7.62. The minimum Gasteiger partial charge on any atom is -0.388 e. The van der Waals surface area contributed by atoms with E-state index in [0.29, 0.717) is 6.54 Å². The van der Waals surface area contributed by atoms with E-state index >= 15 is 0 Å². The van der Waals surface area contributed by atoms with Crippen LogP contribution in [0.1, 0.15) is 10.4 Å². The maximum atomic E-state index is 10.5. The van der Waals surface area contributed by atoms with Crippen molar-refractivity contribution in [3.05, 3.63) is 64.4 Å². The van der Waals surface area contributed by atoms with Crippen molar-refractivity contribution in [1.29, 1.82) is 0 Å². The largest absolute Gasteiger partial charge is 0.388 e. The third kappa shape index (κ3) is 5.16. The average molecular weight is 352 g/mol. The Kier molecular flexibility index (Phi) is 7.27. The molecule has 1 atom stereocenters. The van der Waals surface area contributed by atoms with E-state index in [0.717, 1.165) is 37.4 Å². The number of rotatable bonds is 5. The van der Waals surface area contributed by atoms with Crippen LogP contribution < -0.4 is 0 Å². The third-order valence-corrected chi connectivity index (χ3v) is 4.68. The lowest BCUT2D eigenvalue weighted by Gasteiger charge is -2.28. The molecule has 0 spiro atoms. The molecule has 1 fully saturated rings. The Bertz CT molecular complexity index is 595. The first kappa shape index (κ1) is 18.2. The molecule has 0 saturated carbocycles. The summed E-state index contributed by atoms with van der Waals surface area (Å²) < 4.78 is 5.35. The van der Waals surface area contributed by atoms with Gasteiger partial charge in [0.05, 0.1) is 19.3 Å². The van der Waals surface area contributed by atoms with Crippen molar-refractivity contribution in [2.24, 2.45) is 0 Å². The van der Waals surface area contributed by atoms with Crippen molar-refractivity contribution in [2.75, 3.05) is 32.8 Å². The fourth-order valence-electron chi connectivity index (χ4n) is 2.66. The number of ether oxygens (including phenoxy) is 1. The van der Waals surface area contributed by atoms with Gasteiger partial charge in [0.15, 0.2) is 0 Å². The quantitative estimate of drug-likeness (QED) is 0.897. The molecule has 0 amide bonds. The Morgan fingerprint density at radius 1 is 1.17 bits per heavy atom. The Hall–Kier alpha value is -1.17. The summed E-state index contributed by atoms with van der Waals surface area (Å²) in [5.41, 5.74) is 2.25. The average Bonchev–Trinajstić information content (AvgIpc) is 3.08. The van der Waals surface area contributed by atoms with Gasteiger partial charge in [0.25, 0.3) is 0 Å². The molecule has 1 aromatic carbocycles. The number of aliphatic hydroxyl groups is 1. The molecular weight excluding hydrogens is 330 g/mol. The summed E-state index contributed by atoms with van der Waals surface area (Å²) in [6.07, 6.45) is 1.51. The van der Waals surface area contributed by atoms with E-state index in [1.165, 1.54) is 4.88 Å². The van der Waals surface area contributed by atoms with Crippen LogP contribution in [0.25, 0.3) is 5.57 Å². The van der Waals surface area contributed by atoms with Gasteiger partial charge >= 0.3 is 0 Å². The van der Waals surface area contributed by atoms with Gasteiger partial charge < -0.3 is 9.84 Å². The Morgan fingerprint density at radius 2 is 1.91 bits per heavy atom. The lowest BCUT2D eigenvalue weighted by Crippen LogP contribution is -2.40. The van der Waals surface area contributed by atoms with E-state index in [9.17, 15) is 5.11 Å². The Morgan fingerprint density at radius 3 is 2.57 bits per heavy atom. The van der Waals surface area contributed by atoms with Gasteiger partial charge in [0.2, 0.25) is 0 Å². The van der Waals surface area contributed by atoms with Crippen LogP contribution in [-0.2, 0) is 4.74 Å². The van der Waals surface area contributed by atoms with Gasteiger partial charge in [-0.1, -0.05) is 36.4 Å².